The fraction of sp³-hybridized carbons (Fsp3) is 0.150. The van der Waals surface area contributed by atoms with E-state index in [1.165, 1.54) is 24.3 Å². The van der Waals surface area contributed by atoms with Crippen LogP contribution in [0.25, 0.3) is 6.08 Å². The standard InChI is InChI=1S/C20H16BrN3O6/c1-2-8-30-17-7-6-12(10-16(17)21)9-15-18(25)22-20(27)23(19(15)26)13-4-3-5-14(11-13)24(28)29/h3-7,9-11H,2,8H2,1H3,(H,22,25,27)/b15-9+. The average Bonchev–Trinajstić information content (AvgIpc) is 2.70. The first-order valence-corrected chi connectivity index (χ1v) is 9.69. The summed E-state index contributed by atoms with van der Waals surface area (Å²) in [4.78, 5) is 48.5. The number of benzene rings is 2. The van der Waals surface area contributed by atoms with Crippen LogP contribution in [0.1, 0.15) is 18.9 Å². The summed E-state index contributed by atoms with van der Waals surface area (Å²) in [7, 11) is 0. The highest BCUT2D eigenvalue weighted by Gasteiger charge is 2.37. The molecule has 0 aromatic heterocycles. The molecule has 0 bridgehead atoms. The van der Waals surface area contributed by atoms with Gasteiger partial charge in [-0.05, 0) is 52.2 Å². The highest BCUT2D eigenvalue weighted by molar-refractivity contribution is 9.10. The van der Waals surface area contributed by atoms with E-state index in [-0.39, 0.29) is 16.9 Å². The molecule has 0 unspecified atom stereocenters. The molecule has 1 fully saturated rings. The largest absolute Gasteiger partial charge is 0.492 e. The van der Waals surface area contributed by atoms with E-state index in [0.29, 0.717) is 27.3 Å². The number of nitro benzene ring substituents is 1. The lowest BCUT2D eigenvalue weighted by atomic mass is 10.1. The van der Waals surface area contributed by atoms with E-state index in [1.807, 2.05) is 6.92 Å². The van der Waals surface area contributed by atoms with Gasteiger partial charge in [-0.15, -0.1) is 0 Å². The number of nitrogens with zero attached hydrogens (tertiary/aromatic N) is 2. The number of halogens is 1. The minimum Gasteiger partial charge on any atom is -0.492 e. The van der Waals surface area contributed by atoms with Gasteiger partial charge in [0, 0.05) is 12.1 Å². The van der Waals surface area contributed by atoms with Crippen molar-refractivity contribution < 1.29 is 24.0 Å². The van der Waals surface area contributed by atoms with Crippen LogP contribution in [0, 0.1) is 10.1 Å². The van der Waals surface area contributed by atoms with Crippen LogP contribution in [0.15, 0.2) is 52.5 Å². The van der Waals surface area contributed by atoms with Crippen molar-refractivity contribution in [2.24, 2.45) is 0 Å². The molecular formula is C20H16BrN3O6. The smallest absolute Gasteiger partial charge is 0.335 e. The number of nitrogens with one attached hydrogen (secondary N) is 1. The van der Waals surface area contributed by atoms with Crippen molar-refractivity contribution >= 4 is 51.2 Å². The molecule has 0 radical (unpaired) electrons. The Balaban J connectivity index is 1.95. The lowest BCUT2D eigenvalue weighted by molar-refractivity contribution is -0.384. The fourth-order valence-electron chi connectivity index (χ4n) is 2.74. The highest BCUT2D eigenvalue weighted by Crippen LogP contribution is 2.29. The van der Waals surface area contributed by atoms with Crippen LogP contribution in [0.4, 0.5) is 16.2 Å². The number of carbonyl (C=O) groups is 3. The summed E-state index contributed by atoms with van der Waals surface area (Å²) in [6.07, 6.45) is 2.18. The third-order valence-corrected chi connectivity index (χ3v) is 4.75. The Morgan fingerprint density at radius 3 is 2.63 bits per heavy atom. The monoisotopic (exact) mass is 473 g/mol. The van der Waals surface area contributed by atoms with Crippen molar-refractivity contribution in [1.29, 1.82) is 0 Å². The van der Waals surface area contributed by atoms with Gasteiger partial charge in [-0.1, -0.05) is 19.1 Å². The van der Waals surface area contributed by atoms with Crippen LogP contribution in [0.2, 0.25) is 0 Å². The molecule has 0 saturated carbocycles. The van der Waals surface area contributed by atoms with Gasteiger partial charge in [0.1, 0.15) is 11.3 Å². The molecule has 1 N–H and O–H groups in total. The number of urea groups is 1. The Morgan fingerprint density at radius 1 is 1.20 bits per heavy atom. The first-order chi connectivity index (χ1) is 14.3. The Kier molecular flexibility index (Phi) is 6.26. The minimum absolute atomic E-state index is 0.0189. The molecule has 154 valence electrons. The zero-order valence-electron chi connectivity index (χ0n) is 15.8. The van der Waals surface area contributed by atoms with E-state index in [2.05, 4.69) is 21.2 Å². The summed E-state index contributed by atoms with van der Waals surface area (Å²) >= 11 is 3.38. The van der Waals surface area contributed by atoms with Gasteiger partial charge in [-0.25, -0.2) is 9.69 Å². The first-order valence-electron chi connectivity index (χ1n) is 8.90. The van der Waals surface area contributed by atoms with Crippen molar-refractivity contribution in [3.05, 3.63) is 68.2 Å². The second-order valence-corrected chi connectivity index (χ2v) is 7.13. The molecule has 9 nitrogen and oxygen atoms in total. The molecular weight excluding hydrogens is 458 g/mol. The predicted octanol–water partition coefficient (Wildman–Crippen LogP) is 3.81. The quantitative estimate of drug-likeness (QED) is 0.294. The number of hydrogen-bond acceptors (Lipinski definition) is 6. The SMILES string of the molecule is CCCOc1ccc(/C=C2\C(=O)NC(=O)N(c3cccc([N+](=O)[O-])c3)C2=O)cc1Br. The highest BCUT2D eigenvalue weighted by atomic mass is 79.9. The van der Waals surface area contributed by atoms with Crippen molar-refractivity contribution in [1.82, 2.24) is 5.32 Å². The number of barbiturate groups is 1. The van der Waals surface area contributed by atoms with Crippen LogP contribution in [0.5, 0.6) is 5.75 Å². The maximum atomic E-state index is 12.9. The molecule has 1 saturated heterocycles. The lowest BCUT2D eigenvalue weighted by Crippen LogP contribution is -2.54. The minimum atomic E-state index is -0.979. The van der Waals surface area contributed by atoms with Crippen LogP contribution >= 0.6 is 15.9 Å². The van der Waals surface area contributed by atoms with Gasteiger partial charge in [-0.3, -0.25) is 25.0 Å². The third kappa shape index (κ3) is 4.38. The molecule has 1 aliphatic heterocycles. The van der Waals surface area contributed by atoms with Crippen LogP contribution in [-0.4, -0.2) is 29.4 Å². The molecule has 3 rings (SSSR count). The van der Waals surface area contributed by atoms with Gasteiger partial charge in [0.05, 0.1) is 21.7 Å². The fourth-order valence-corrected chi connectivity index (χ4v) is 3.25. The molecule has 4 amide bonds. The Morgan fingerprint density at radius 2 is 1.97 bits per heavy atom. The number of imide groups is 2. The number of amides is 4. The van der Waals surface area contributed by atoms with Crippen molar-refractivity contribution in [3.8, 4) is 5.75 Å². The van der Waals surface area contributed by atoms with E-state index in [9.17, 15) is 24.5 Å². The van der Waals surface area contributed by atoms with Gasteiger partial charge in [0.25, 0.3) is 17.5 Å². The second kappa shape index (κ2) is 8.87. The molecule has 0 atom stereocenters. The predicted molar refractivity (Wildman–Crippen MR) is 112 cm³/mol. The van der Waals surface area contributed by atoms with Crippen LogP contribution < -0.4 is 15.0 Å². The summed E-state index contributed by atoms with van der Waals surface area (Å²) < 4.78 is 6.21. The summed E-state index contributed by atoms with van der Waals surface area (Å²) in [6, 6.07) is 9.09. The number of carbonyl (C=O) groups excluding carboxylic acids is 3. The molecule has 0 aliphatic carbocycles. The maximum Gasteiger partial charge on any atom is 0.335 e. The molecule has 1 aliphatic rings. The van der Waals surface area contributed by atoms with Crippen LogP contribution in [-0.2, 0) is 9.59 Å². The number of nitro groups is 1. The molecule has 30 heavy (non-hydrogen) atoms. The number of ether oxygens (including phenoxy) is 1. The van der Waals surface area contributed by atoms with Gasteiger partial charge in [0.15, 0.2) is 0 Å². The Hall–Kier alpha value is -3.53. The molecule has 2 aromatic carbocycles. The molecule has 2 aromatic rings. The zero-order chi connectivity index (χ0) is 21.8. The normalized spacial score (nSPS) is 15.3. The summed E-state index contributed by atoms with van der Waals surface area (Å²) in [6.45, 7) is 2.52. The van der Waals surface area contributed by atoms with Crippen molar-refractivity contribution in [3.63, 3.8) is 0 Å². The van der Waals surface area contributed by atoms with E-state index in [0.717, 1.165) is 12.5 Å². The average molecular weight is 474 g/mol. The molecule has 1 heterocycles. The Labute approximate surface area is 179 Å². The Bertz CT molecular complexity index is 1080. The van der Waals surface area contributed by atoms with E-state index >= 15 is 0 Å². The van der Waals surface area contributed by atoms with Crippen molar-refractivity contribution in [2.75, 3.05) is 11.5 Å². The first kappa shape index (κ1) is 21.2. The van der Waals surface area contributed by atoms with Crippen molar-refractivity contribution in [2.45, 2.75) is 13.3 Å². The summed E-state index contributed by atoms with van der Waals surface area (Å²) in [5.41, 5.74) is -0.0653. The molecule has 10 heteroatoms. The summed E-state index contributed by atoms with van der Waals surface area (Å²) in [5.74, 6) is -1.12. The van der Waals surface area contributed by atoms with E-state index < -0.39 is 22.8 Å². The van der Waals surface area contributed by atoms with Gasteiger partial charge >= 0.3 is 6.03 Å². The third-order valence-electron chi connectivity index (χ3n) is 4.13. The number of non-ortho nitro benzene ring substituents is 1. The van der Waals surface area contributed by atoms with Gasteiger partial charge in [0.2, 0.25) is 0 Å². The zero-order valence-corrected chi connectivity index (χ0v) is 17.3. The van der Waals surface area contributed by atoms with Gasteiger partial charge < -0.3 is 4.74 Å². The number of hydrogen-bond donors (Lipinski definition) is 1. The molecule has 0 spiro atoms. The number of anilines is 1. The van der Waals surface area contributed by atoms with Crippen LogP contribution in [0.3, 0.4) is 0 Å². The topological polar surface area (TPSA) is 119 Å². The van der Waals surface area contributed by atoms with E-state index in [4.69, 9.17) is 4.74 Å². The van der Waals surface area contributed by atoms with E-state index in [1.54, 1.807) is 18.2 Å². The lowest BCUT2D eigenvalue weighted by Gasteiger charge is -2.26. The maximum absolute atomic E-state index is 12.9. The second-order valence-electron chi connectivity index (χ2n) is 6.27. The van der Waals surface area contributed by atoms with Gasteiger partial charge in [-0.2, -0.15) is 0 Å². The summed E-state index contributed by atoms with van der Waals surface area (Å²) in [5, 5.41) is 13.1. The number of rotatable bonds is 6.